The monoisotopic (exact) mass is 204 g/mol. The van der Waals surface area contributed by atoms with Crippen LogP contribution in [0, 0.1) is 10.4 Å². The van der Waals surface area contributed by atoms with Gasteiger partial charge in [0.05, 0.1) is 12.1 Å². The predicted octanol–water partition coefficient (Wildman–Crippen LogP) is -3.12. The second-order valence-corrected chi connectivity index (χ2v) is 2.87. The van der Waals surface area contributed by atoms with Gasteiger partial charge >= 0.3 is 29.6 Å². The van der Waals surface area contributed by atoms with Gasteiger partial charge in [-0.15, -0.1) is 0 Å². The molecule has 70 valence electrons. The Balaban J connectivity index is 0.000000980. The molecule has 2 aliphatic rings. The normalized spacial score (nSPS) is 24.1. The van der Waals surface area contributed by atoms with Crippen LogP contribution in [0.2, 0.25) is 0 Å². The van der Waals surface area contributed by atoms with E-state index in [4.69, 9.17) is 4.74 Å². The van der Waals surface area contributed by atoms with Gasteiger partial charge in [0.1, 0.15) is 12.4 Å². The first kappa shape index (κ1) is 11.6. The molecule has 0 aromatic heterocycles. The summed E-state index contributed by atoms with van der Waals surface area (Å²) in [6.45, 7) is 1.35. The van der Waals surface area contributed by atoms with Crippen LogP contribution >= 0.6 is 0 Å². The maximum Gasteiger partial charge on any atom is 1.00 e. The first-order chi connectivity index (χ1) is 6.27. The number of nitrogens with zero attached hydrogens (tertiary/aromatic N) is 1. The van der Waals surface area contributed by atoms with E-state index in [9.17, 15) is 10.4 Å². The maximum atomic E-state index is 10.4. The van der Waals surface area contributed by atoms with Gasteiger partial charge in [0, 0.05) is 12.6 Å². The summed E-state index contributed by atoms with van der Waals surface area (Å²) < 4.78 is 5.28. The van der Waals surface area contributed by atoms with Crippen LogP contribution in [0.4, 0.5) is 0 Å². The van der Waals surface area contributed by atoms with Crippen molar-refractivity contribution in [2.75, 3.05) is 13.2 Å². The van der Waals surface area contributed by atoms with Crippen molar-refractivity contribution in [1.29, 1.82) is 0 Å². The fourth-order valence-corrected chi connectivity index (χ4v) is 1.37. The fourth-order valence-electron chi connectivity index (χ4n) is 1.37. The number of allylic oxidation sites excluding steroid dienone is 2. The molecule has 2 rings (SSSR count). The van der Waals surface area contributed by atoms with Crippen molar-refractivity contribution in [2.24, 2.45) is 0 Å². The minimum atomic E-state index is -0.419. The van der Waals surface area contributed by atoms with Crippen molar-refractivity contribution >= 4 is 5.71 Å². The first-order valence-electron chi connectivity index (χ1n) is 4.05. The number of morpholine rings is 1. The molecular formula is C8H9N2NaO3. The molecule has 0 aromatic carbocycles. The molecule has 1 unspecified atom stereocenters. The third kappa shape index (κ3) is 2.30. The van der Waals surface area contributed by atoms with Crippen LogP contribution in [0.15, 0.2) is 24.0 Å². The van der Waals surface area contributed by atoms with Gasteiger partial charge in [0.2, 0.25) is 5.71 Å². The smallest absolute Gasteiger partial charge is 0.612 e. The number of hydrogen-bond donors (Lipinski definition) is 1. The third-order valence-electron chi connectivity index (χ3n) is 2.00. The van der Waals surface area contributed by atoms with E-state index in [0.717, 1.165) is 6.54 Å². The summed E-state index contributed by atoms with van der Waals surface area (Å²) in [4.78, 5) is -0.419. The molecule has 0 spiro atoms. The molecular weight excluding hydrogens is 195 g/mol. The third-order valence-corrected chi connectivity index (χ3v) is 2.00. The van der Waals surface area contributed by atoms with Gasteiger partial charge in [-0.25, -0.2) is 0 Å². The molecule has 1 heterocycles. The Morgan fingerprint density at radius 2 is 2.29 bits per heavy atom. The Labute approximate surface area is 104 Å². The van der Waals surface area contributed by atoms with E-state index in [1.807, 2.05) is 0 Å². The van der Waals surface area contributed by atoms with Gasteiger partial charge in [-0.3, -0.25) is 0 Å². The van der Waals surface area contributed by atoms with Crippen molar-refractivity contribution in [3.05, 3.63) is 34.4 Å². The predicted molar refractivity (Wildman–Crippen MR) is 47.0 cm³/mol. The molecule has 1 aliphatic carbocycles. The van der Waals surface area contributed by atoms with E-state index in [0.29, 0.717) is 12.4 Å². The second-order valence-electron chi connectivity index (χ2n) is 2.87. The van der Waals surface area contributed by atoms with Gasteiger partial charge in [0.15, 0.2) is 0 Å². The van der Waals surface area contributed by atoms with E-state index >= 15 is 0 Å². The summed E-state index contributed by atoms with van der Waals surface area (Å²) in [5.41, 5.74) is 0.0787. The number of rotatable bonds is 0. The Hall–Kier alpha value is -0.490. The van der Waals surface area contributed by atoms with Gasteiger partial charge in [-0.1, -0.05) is 6.08 Å². The Bertz CT molecular complexity index is 308. The van der Waals surface area contributed by atoms with Crippen molar-refractivity contribution in [3.63, 3.8) is 0 Å². The molecule has 0 amide bonds. The van der Waals surface area contributed by atoms with Crippen LogP contribution in [-0.4, -0.2) is 29.8 Å². The first-order valence-corrected chi connectivity index (χ1v) is 4.05. The van der Waals surface area contributed by atoms with Gasteiger partial charge in [-0.05, 0) is 0 Å². The number of hydrogen-bond acceptors (Lipinski definition) is 4. The van der Waals surface area contributed by atoms with Gasteiger partial charge in [-0.2, -0.15) is 4.90 Å². The minimum Gasteiger partial charge on any atom is -0.612 e. The van der Waals surface area contributed by atoms with Crippen LogP contribution in [0.1, 0.15) is 0 Å². The average molecular weight is 204 g/mol. The standard InChI is InChI=1S/C8H9N2O3.Na/c11-10(12)6-1-2-7-8(5-6)13-4-3-9-7;/h1-2,5,7,9H,3-4H2;/q-1;+1. The van der Waals surface area contributed by atoms with Crippen LogP contribution in [0.5, 0.6) is 0 Å². The number of nitrogens with one attached hydrogen (secondary N) is 1. The van der Waals surface area contributed by atoms with Crippen molar-refractivity contribution in [1.82, 2.24) is 5.32 Å². The van der Waals surface area contributed by atoms with Gasteiger partial charge in [0.25, 0.3) is 0 Å². The fraction of sp³-hybridized carbons (Fsp3) is 0.375. The summed E-state index contributed by atoms with van der Waals surface area (Å²) in [6.07, 6.45) is 4.71. The SMILES string of the molecule is [Na+].[O-][N+]([O-])=C1C=CC2NCCOC2=C1. The molecule has 14 heavy (non-hydrogen) atoms. The van der Waals surface area contributed by atoms with E-state index in [2.05, 4.69) is 5.32 Å². The van der Waals surface area contributed by atoms with E-state index < -0.39 is 4.90 Å². The van der Waals surface area contributed by atoms with E-state index in [1.165, 1.54) is 12.2 Å². The van der Waals surface area contributed by atoms with Crippen LogP contribution < -0.4 is 34.9 Å². The van der Waals surface area contributed by atoms with Crippen molar-refractivity contribution in [2.45, 2.75) is 6.04 Å². The van der Waals surface area contributed by atoms with Crippen molar-refractivity contribution < 1.29 is 39.2 Å². The molecule has 1 atom stereocenters. The Kier molecular flexibility index (Phi) is 4.00. The molecule has 0 bridgehead atoms. The summed E-state index contributed by atoms with van der Waals surface area (Å²) in [5.74, 6) is 0.639. The minimum absolute atomic E-state index is 0. The summed E-state index contributed by atoms with van der Waals surface area (Å²) in [6, 6.07) is 0.0115. The Morgan fingerprint density at radius 1 is 1.50 bits per heavy atom. The quantitative estimate of drug-likeness (QED) is 0.257. The molecule has 6 heteroatoms. The molecule has 1 aliphatic heterocycles. The molecule has 1 saturated heterocycles. The van der Waals surface area contributed by atoms with Crippen LogP contribution in [0.25, 0.3) is 0 Å². The summed E-state index contributed by atoms with van der Waals surface area (Å²) in [5, 5.41) is 24.0. The second kappa shape index (κ2) is 4.84. The van der Waals surface area contributed by atoms with Crippen LogP contribution in [-0.2, 0) is 4.74 Å². The zero-order valence-corrected chi connectivity index (χ0v) is 9.90. The zero-order valence-electron chi connectivity index (χ0n) is 7.90. The van der Waals surface area contributed by atoms with E-state index in [1.54, 1.807) is 6.08 Å². The molecule has 0 aromatic rings. The zero-order chi connectivity index (χ0) is 9.26. The molecule has 1 fully saturated rings. The number of ether oxygens (including phenoxy) is 1. The van der Waals surface area contributed by atoms with E-state index in [-0.39, 0.29) is 41.3 Å². The van der Waals surface area contributed by atoms with Gasteiger partial charge < -0.3 is 20.5 Å². The van der Waals surface area contributed by atoms with Crippen molar-refractivity contribution in [3.8, 4) is 0 Å². The largest absolute Gasteiger partial charge is 1.00 e. The molecule has 5 nitrogen and oxygen atoms in total. The average Bonchev–Trinajstić information content (AvgIpc) is 2.17. The van der Waals surface area contributed by atoms with Crippen LogP contribution in [0.3, 0.4) is 0 Å². The summed E-state index contributed by atoms with van der Waals surface area (Å²) >= 11 is 0. The topological polar surface area (TPSA) is 70.4 Å². The Morgan fingerprint density at radius 3 is 3.00 bits per heavy atom. The molecule has 0 saturated carbocycles. The molecule has 0 radical (unpaired) electrons. The maximum absolute atomic E-state index is 10.4. The summed E-state index contributed by atoms with van der Waals surface area (Å²) in [7, 11) is 0. The number of fused-ring (bicyclic) bond motifs is 1. The molecule has 1 N–H and O–H groups in total.